The van der Waals surface area contributed by atoms with E-state index in [9.17, 15) is 0 Å². The minimum absolute atomic E-state index is 0.591. The van der Waals surface area contributed by atoms with Crippen LogP contribution in [0.4, 0.5) is 0 Å². The Kier molecular flexibility index (Phi) is 8.36. The fraction of sp³-hybridized carbons (Fsp3) is 0.0164. The minimum Gasteiger partial charge on any atom is -0.455 e. The molecular weight excluding hydrogens is 833 g/mol. The Bertz CT molecular complexity index is 3850. The van der Waals surface area contributed by atoms with Crippen molar-refractivity contribution in [2.45, 2.75) is 5.41 Å². The Morgan fingerprint density at radius 3 is 1.22 bits per heavy atom. The number of hydrogen-bond donors (Lipinski definition) is 0. The van der Waals surface area contributed by atoms with Gasteiger partial charge in [0, 0.05) is 49.7 Å². The highest BCUT2D eigenvalue weighted by molar-refractivity contribution is 6.13. The summed E-state index contributed by atoms with van der Waals surface area (Å²) in [4.78, 5) is 30.9. The Morgan fingerprint density at radius 2 is 0.691 bits per heavy atom. The van der Waals surface area contributed by atoms with E-state index in [0.717, 1.165) is 88.7 Å². The number of hydrogen-bond acceptors (Lipinski definition) is 7. The lowest BCUT2D eigenvalue weighted by Crippen LogP contribution is -2.26. The van der Waals surface area contributed by atoms with Crippen molar-refractivity contribution in [2.24, 2.45) is 0 Å². The summed E-state index contributed by atoms with van der Waals surface area (Å²) in [6, 6.07) is 75.6. The summed E-state index contributed by atoms with van der Waals surface area (Å²) in [5.41, 5.74) is 15.5. The first-order valence-corrected chi connectivity index (χ1v) is 22.8. The normalized spacial score (nSPS) is 14.2. The molecule has 0 amide bonds. The zero-order valence-corrected chi connectivity index (χ0v) is 36.4. The first-order valence-electron chi connectivity index (χ1n) is 22.8. The molecule has 0 saturated carbocycles. The SMILES string of the molecule is c1ccc(-c2nc(-c3ccccc3)nc(-c3ccc4c(c3)C3(c5ccccc5-4)c4cc(-c5nc(-c6ccccc6)nc(-c6ccccc6)n5)ccc4-c4c3ccc3c4oc4ccccc43)n2)cc1. The monoisotopic (exact) mass is 868 g/mol. The number of para-hydroxylation sites is 1. The van der Waals surface area contributed by atoms with Gasteiger partial charge in [-0.25, -0.2) is 29.9 Å². The lowest BCUT2D eigenvalue weighted by molar-refractivity contribution is 0.669. The molecule has 1 spiro atoms. The molecule has 2 aliphatic rings. The number of benzene rings is 9. The van der Waals surface area contributed by atoms with E-state index in [1.165, 1.54) is 11.1 Å². The van der Waals surface area contributed by atoms with Gasteiger partial charge in [-0.05, 0) is 57.1 Å². The van der Waals surface area contributed by atoms with Gasteiger partial charge >= 0.3 is 0 Å². The van der Waals surface area contributed by atoms with Crippen molar-refractivity contribution in [3.05, 3.63) is 241 Å². The highest BCUT2D eigenvalue weighted by Gasteiger charge is 2.53. The van der Waals surface area contributed by atoms with Gasteiger partial charge in [0.15, 0.2) is 34.9 Å². The first kappa shape index (κ1) is 38.1. The average molecular weight is 869 g/mol. The molecule has 7 heteroatoms. The van der Waals surface area contributed by atoms with Crippen molar-refractivity contribution < 1.29 is 4.42 Å². The molecule has 1 atom stereocenters. The minimum atomic E-state index is -0.773. The number of rotatable bonds is 6. The Morgan fingerprint density at radius 1 is 0.279 bits per heavy atom. The molecule has 2 aliphatic carbocycles. The van der Waals surface area contributed by atoms with E-state index in [-0.39, 0.29) is 0 Å². The van der Waals surface area contributed by atoms with Crippen molar-refractivity contribution in [1.29, 1.82) is 0 Å². The zero-order chi connectivity index (χ0) is 44.8. The first-order chi connectivity index (χ1) is 33.7. The van der Waals surface area contributed by atoms with E-state index in [1.54, 1.807) is 0 Å². The molecule has 0 aliphatic heterocycles. The molecule has 316 valence electrons. The van der Waals surface area contributed by atoms with Gasteiger partial charge < -0.3 is 4.42 Å². The Labute approximate surface area is 391 Å². The molecule has 3 heterocycles. The van der Waals surface area contributed by atoms with Gasteiger partial charge in [-0.2, -0.15) is 0 Å². The van der Waals surface area contributed by atoms with Crippen LogP contribution in [0.2, 0.25) is 0 Å². The van der Waals surface area contributed by atoms with Gasteiger partial charge in [0.05, 0.1) is 5.41 Å². The molecule has 0 bridgehead atoms. The van der Waals surface area contributed by atoms with Crippen LogP contribution in [0.5, 0.6) is 0 Å². The van der Waals surface area contributed by atoms with Crippen LogP contribution in [0.15, 0.2) is 223 Å². The highest BCUT2D eigenvalue weighted by atomic mass is 16.3. The number of nitrogens with zero attached hydrogens (tertiary/aromatic N) is 6. The second-order valence-electron chi connectivity index (χ2n) is 17.4. The maximum absolute atomic E-state index is 6.92. The van der Waals surface area contributed by atoms with Crippen LogP contribution in [-0.2, 0) is 5.41 Å². The van der Waals surface area contributed by atoms with Crippen molar-refractivity contribution in [3.63, 3.8) is 0 Å². The van der Waals surface area contributed by atoms with E-state index in [0.29, 0.717) is 34.9 Å². The summed E-state index contributed by atoms with van der Waals surface area (Å²) in [5.74, 6) is 3.64. The maximum Gasteiger partial charge on any atom is 0.164 e. The van der Waals surface area contributed by atoms with Crippen LogP contribution in [0.25, 0.3) is 113 Å². The van der Waals surface area contributed by atoms with Crippen LogP contribution in [0.3, 0.4) is 0 Å². The second-order valence-corrected chi connectivity index (χ2v) is 17.4. The lowest BCUT2D eigenvalue weighted by atomic mass is 9.70. The second kappa shape index (κ2) is 14.9. The third kappa shape index (κ3) is 5.72. The smallest absolute Gasteiger partial charge is 0.164 e. The molecule has 0 fully saturated rings. The van der Waals surface area contributed by atoms with E-state index >= 15 is 0 Å². The van der Waals surface area contributed by atoms with Gasteiger partial charge in [-0.1, -0.05) is 200 Å². The summed E-state index contributed by atoms with van der Waals surface area (Å²) in [6.07, 6.45) is 0. The number of furan rings is 1. The summed E-state index contributed by atoms with van der Waals surface area (Å²) in [5, 5.41) is 2.17. The molecule has 0 saturated heterocycles. The summed E-state index contributed by atoms with van der Waals surface area (Å²) < 4.78 is 6.92. The zero-order valence-electron chi connectivity index (χ0n) is 36.4. The third-order valence-corrected chi connectivity index (χ3v) is 13.6. The third-order valence-electron chi connectivity index (χ3n) is 13.6. The standard InChI is InChI=1S/C61H36N6O/c1-5-17-37(18-6-1)55-62-56(38-19-7-2-8-20-38)65-59(64-55)41-29-31-44-43-25-13-15-27-48(43)61(50(44)35-41)49-34-33-46-45-26-14-16-28-52(45)68-54(46)53(49)47-32-30-42(36-51(47)61)60-66-57(39-21-9-3-10-22-39)63-58(67-60)40-23-11-4-12-24-40/h1-36H. The summed E-state index contributed by atoms with van der Waals surface area (Å²) in [6.45, 7) is 0. The molecule has 0 N–H and O–H groups in total. The lowest BCUT2D eigenvalue weighted by Gasteiger charge is -2.31. The number of fused-ring (bicyclic) bond motifs is 14. The molecule has 1 unspecified atom stereocenters. The number of aromatic nitrogens is 6. The van der Waals surface area contributed by atoms with Gasteiger partial charge in [0.1, 0.15) is 11.2 Å². The van der Waals surface area contributed by atoms with Crippen molar-refractivity contribution >= 4 is 21.9 Å². The summed E-state index contributed by atoms with van der Waals surface area (Å²) in [7, 11) is 0. The summed E-state index contributed by atoms with van der Waals surface area (Å²) >= 11 is 0. The van der Waals surface area contributed by atoms with Crippen LogP contribution in [-0.4, -0.2) is 29.9 Å². The van der Waals surface area contributed by atoms with E-state index < -0.39 is 5.41 Å². The van der Waals surface area contributed by atoms with Crippen LogP contribution < -0.4 is 0 Å². The largest absolute Gasteiger partial charge is 0.455 e. The van der Waals surface area contributed by atoms with Crippen molar-refractivity contribution in [3.8, 4) is 90.6 Å². The molecule has 9 aromatic carbocycles. The van der Waals surface area contributed by atoms with Gasteiger partial charge in [-0.3, -0.25) is 0 Å². The fourth-order valence-electron chi connectivity index (χ4n) is 10.6. The Balaban J connectivity index is 1.05. The Hall–Kier alpha value is -9.20. The molecule has 14 rings (SSSR count). The van der Waals surface area contributed by atoms with Crippen LogP contribution in [0, 0.1) is 0 Å². The predicted molar refractivity (Wildman–Crippen MR) is 269 cm³/mol. The van der Waals surface area contributed by atoms with Gasteiger partial charge in [-0.15, -0.1) is 0 Å². The fourth-order valence-corrected chi connectivity index (χ4v) is 10.6. The highest BCUT2D eigenvalue weighted by Crippen LogP contribution is 2.64. The average Bonchev–Trinajstić information content (AvgIpc) is 4.05. The van der Waals surface area contributed by atoms with Gasteiger partial charge in [0.25, 0.3) is 0 Å². The molecule has 3 aromatic heterocycles. The molecular formula is C61H36N6O. The molecule has 0 radical (unpaired) electrons. The topological polar surface area (TPSA) is 90.5 Å². The van der Waals surface area contributed by atoms with Crippen LogP contribution in [0.1, 0.15) is 22.3 Å². The van der Waals surface area contributed by atoms with E-state index in [1.807, 2.05) is 127 Å². The van der Waals surface area contributed by atoms with E-state index in [2.05, 4.69) is 91.0 Å². The molecule has 68 heavy (non-hydrogen) atoms. The van der Waals surface area contributed by atoms with E-state index in [4.69, 9.17) is 34.3 Å². The van der Waals surface area contributed by atoms with Crippen molar-refractivity contribution in [2.75, 3.05) is 0 Å². The predicted octanol–water partition coefficient (Wildman–Crippen LogP) is 14.3. The van der Waals surface area contributed by atoms with Gasteiger partial charge in [0.2, 0.25) is 0 Å². The maximum atomic E-state index is 6.92. The molecule has 7 nitrogen and oxygen atoms in total. The quantitative estimate of drug-likeness (QED) is 0.164. The van der Waals surface area contributed by atoms with Crippen LogP contribution >= 0.6 is 0 Å². The molecule has 12 aromatic rings. The van der Waals surface area contributed by atoms with Crippen molar-refractivity contribution in [1.82, 2.24) is 29.9 Å².